The smallest absolute Gasteiger partial charge is 0.266 e. The van der Waals surface area contributed by atoms with Gasteiger partial charge in [-0.05, 0) is 43.0 Å². The van der Waals surface area contributed by atoms with E-state index in [2.05, 4.69) is 6.58 Å². The molecule has 27 heavy (non-hydrogen) atoms. The highest BCUT2D eigenvalue weighted by Crippen LogP contribution is 2.39. The van der Waals surface area contributed by atoms with Crippen molar-refractivity contribution in [3.8, 4) is 11.5 Å². The van der Waals surface area contributed by atoms with Gasteiger partial charge >= 0.3 is 0 Å². The molecule has 0 bridgehead atoms. The van der Waals surface area contributed by atoms with Crippen molar-refractivity contribution in [1.82, 2.24) is 4.90 Å². The monoisotopic (exact) mass is 403 g/mol. The van der Waals surface area contributed by atoms with Crippen molar-refractivity contribution in [2.45, 2.75) is 44.6 Å². The number of hydrogen-bond donors (Lipinski definition) is 0. The van der Waals surface area contributed by atoms with Crippen LogP contribution in [-0.4, -0.2) is 35.4 Å². The predicted octanol–water partition coefficient (Wildman–Crippen LogP) is 4.97. The Morgan fingerprint density at radius 2 is 2.00 bits per heavy atom. The fraction of sp³-hybridized carbons (Fsp3) is 0.429. The number of ether oxygens (including phenoxy) is 2. The van der Waals surface area contributed by atoms with Crippen molar-refractivity contribution in [3.63, 3.8) is 0 Å². The van der Waals surface area contributed by atoms with E-state index in [0.29, 0.717) is 27.1 Å². The van der Waals surface area contributed by atoms with Gasteiger partial charge in [0.25, 0.3) is 5.91 Å². The summed E-state index contributed by atoms with van der Waals surface area (Å²) in [5.74, 6) is 1.37. The number of nitrogens with zero attached hydrogens (tertiary/aromatic N) is 1. The fourth-order valence-electron chi connectivity index (χ4n) is 3.74. The van der Waals surface area contributed by atoms with Crippen LogP contribution in [0.3, 0.4) is 0 Å². The predicted molar refractivity (Wildman–Crippen MR) is 115 cm³/mol. The average molecular weight is 404 g/mol. The molecule has 0 unspecified atom stereocenters. The van der Waals surface area contributed by atoms with Crippen molar-refractivity contribution < 1.29 is 14.3 Å². The van der Waals surface area contributed by atoms with E-state index in [0.717, 1.165) is 24.0 Å². The molecule has 3 rings (SSSR count). The molecule has 1 saturated carbocycles. The summed E-state index contributed by atoms with van der Waals surface area (Å²) in [5.41, 5.74) is 1.87. The van der Waals surface area contributed by atoms with Gasteiger partial charge in [0, 0.05) is 11.6 Å². The molecule has 0 N–H and O–H groups in total. The summed E-state index contributed by atoms with van der Waals surface area (Å²) < 4.78 is 11.6. The Hall–Kier alpha value is -1.79. The van der Waals surface area contributed by atoms with Gasteiger partial charge in [-0.25, -0.2) is 0 Å². The first-order chi connectivity index (χ1) is 13.1. The number of allylic oxidation sites excluding steroid dienone is 1. The zero-order chi connectivity index (χ0) is 19.4. The maximum atomic E-state index is 13.0. The zero-order valence-corrected chi connectivity index (χ0v) is 17.5. The van der Waals surface area contributed by atoms with Crippen LogP contribution in [0.5, 0.6) is 11.5 Å². The van der Waals surface area contributed by atoms with Crippen LogP contribution in [0.1, 0.15) is 43.2 Å². The molecule has 1 saturated heterocycles. The van der Waals surface area contributed by atoms with E-state index >= 15 is 0 Å². The third-order valence-corrected chi connectivity index (χ3v) is 6.33. The van der Waals surface area contributed by atoms with Crippen LogP contribution in [0.25, 0.3) is 6.08 Å². The molecule has 4 nitrogen and oxygen atoms in total. The van der Waals surface area contributed by atoms with Gasteiger partial charge in [-0.3, -0.25) is 9.69 Å². The highest BCUT2D eigenvalue weighted by atomic mass is 32.2. The van der Waals surface area contributed by atoms with E-state index in [1.807, 2.05) is 29.2 Å². The lowest BCUT2D eigenvalue weighted by atomic mass is 9.94. The van der Waals surface area contributed by atoms with Crippen molar-refractivity contribution >= 4 is 40.3 Å². The highest BCUT2D eigenvalue weighted by Gasteiger charge is 2.37. The van der Waals surface area contributed by atoms with Crippen LogP contribution >= 0.6 is 24.0 Å². The quantitative estimate of drug-likeness (QED) is 0.381. The summed E-state index contributed by atoms with van der Waals surface area (Å²) in [6.07, 6.45) is 10.0. The number of methoxy groups -OCH3 is 2. The summed E-state index contributed by atoms with van der Waals surface area (Å²) >= 11 is 6.91. The Bertz CT molecular complexity index is 782. The van der Waals surface area contributed by atoms with Crippen LogP contribution in [0.15, 0.2) is 29.7 Å². The van der Waals surface area contributed by atoms with E-state index in [9.17, 15) is 4.79 Å². The fourth-order valence-corrected chi connectivity index (χ4v) is 5.14. The Morgan fingerprint density at radius 3 is 2.63 bits per heavy atom. The molecule has 1 aromatic carbocycles. The van der Waals surface area contributed by atoms with Crippen LogP contribution in [-0.2, 0) is 11.2 Å². The Kier molecular flexibility index (Phi) is 6.60. The molecular weight excluding hydrogens is 378 g/mol. The molecule has 2 aliphatic rings. The molecule has 0 aromatic heterocycles. The molecule has 0 radical (unpaired) electrons. The molecule has 2 fully saturated rings. The van der Waals surface area contributed by atoms with Gasteiger partial charge in [-0.15, -0.1) is 6.58 Å². The van der Waals surface area contributed by atoms with Crippen molar-refractivity contribution in [2.75, 3.05) is 14.2 Å². The maximum Gasteiger partial charge on any atom is 0.266 e. The standard InChI is InChI=1S/C21H25NO3S2/c1-4-8-15-11-14(12-17(24-2)19(15)25-3)13-18-20(23)22(21(26)27-18)16-9-6-5-7-10-16/h4,11-13,16H,1,5-10H2,2-3H3/b18-13+. The molecule has 0 atom stereocenters. The van der Waals surface area contributed by atoms with Crippen molar-refractivity contribution in [2.24, 2.45) is 0 Å². The third-order valence-electron chi connectivity index (χ3n) is 5.00. The Balaban J connectivity index is 1.92. The number of hydrogen-bond acceptors (Lipinski definition) is 5. The van der Waals surface area contributed by atoms with Gasteiger partial charge in [0.15, 0.2) is 11.5 Å². The second kappa shape index (κ2) is 8.93. The summed E-state index contributed by atoms with van der Waals surface area (Å²) in [6, 6.07) is 4.15. The first-order valence-electron chi connectivity index (χ1n) is 9.22. The van der Waals surface area contributed by atoms with Gasteiger partial charge in [-0.1, -0.05) is 49.3 Å². The van der Waals surface area contributed by atoms with Gasteiger partial charge in [0.05, 0.1) is 19.1 Å². The minimum absolute atomic E-state index is 0.0250. The van der Waals surface area contributed by atoms with E-state index in [1.165, 1.54) is 31.0 Å². The molecule has 1 aliphatic heterocycles. The number of benzene rings is 1. The molecule has 1 aliphatic carbocycles. The van der Waals surface area contributed by atoms with Crippen molar-refractivity contribution in [3.05, 3.63) is 40.8 Å². The van der Waals surface area contributed by atoms with Gasteiger partial charge in [0.1, 0.15) is 4.32 Å². The second-order valence-electron chi connectivity index (χ2n) is 6.75. The number of thioether (sulfide) groups is 1. The molecular formula is C21H25NO3S2. The largest absolute Gasteiger partial charge is 0.493 e. The number of rotatable bonds is 6. The minimum Gasteiger partial charge on any atom is -0.493 e. The Labute approximate surface area is 170 Å². The van der Waals surface area contributed by atoms with Gasteiger partial charge < -0.3 is 9.47 Å². The topological polar surface area (TPSA) is 38.8 Å². The summed E-state index contributed by atoms with van der Waals surface area (Å²) in [6.45, 7) is 3.81. The number of thiocarbonyl (C=S) groups is 1. The lowest BCUT2D eigenvalue weighted by Crippen LogP contribution is -2.39. The number of carbonyl (C=O) groups excluding carboxylic acids is 1. The molecule has 0 spiro atoms. The normalized spacial score (nSPS) is 19.6. The van der Waals surface area contributed by atoms with Gasteiger partial charge in [0.2, 0.25) is 0 Å². The third kappa shape index (κ3) is 4.22. The lowest BCUT2D eigenvalue weighted by Gasteiger charge is -2.29. The zero-order valence-electron chi connectivity index (χ0n) is 15.8. The van der Waals surface area contributed by atoms with E-state index in [1.54, 1.807) is 14.2 Å². The van der Waals surface area contributed by atoms with Crippen LogP contribution < -0.4 is 9.47 Å². The summed E-state index contributed by atoms with van der Waals surface area (Å²) in [5, 5.41) is 0. The van der Waals surface area contributed by atoms with E-state index < -0.39 is 0 Å². The van der Waals surface area contributed by atoms with Crippen molar-refractivity contribution in [1.29, 1.82) is 0 Å². The maximum absolute atomic E-state index is 13.0. The first-order valence-corrected chi connectivity index (χ1v) is 10.4. The van der Waals surface area contributed by atoms with Crippen LogP contribution in [0.4, 0.5) is 0 Å². The second-order valence-corrected chi connectivity index (χ2v) is 8.43. The SMILES string of the molecule is C=CCc1cc(/C=C2/SC(=S)N(C3CCCCC3)C2=O)cc(OC)c1OC. The van der Waals surface area contributed by atoms with Gasteiger partial charge in [-0.2, -0.15) is 0 Å². The number of carbonyl (C=O) groups is 1. The number of amides is 1. The van der Waals surface area contributed by atoms with Crippen LogP contribution in [0, 0.1) is 0 Å². The highest BCUT2D eigenvalue weighted by molar-refractivity contribution is 8.26. The van der Waals surface area contributed by atoms with E-state index in [-0.39, 0.29) is 11.9 Å². The van der Waals surface area contributed by atoms with E-state index in [4.69, 9.17) is 21.7 Å². The molecule has 1 amide bonds. The first kappa shape index (κ1) is 20.0. The summed E-state index contributed by atoms with van der Waals surface area (Å²) in [4.78, 5) is 15.5. The summed E-state index contributed by atoms with van der Waals surface area (Å²) in [7, 11) is 3.24. The molecule has 1 aromatic rings. The lowest BCUT2D eigenvalue weighted by molar-refractivity contribution is -0.124. The molecule has 1 heterocycles. The molecule has 6 heteroatoms. The average Bonchev–Trinajstić information content (AvgIpc) is 2.95. The molecule has 144 valence electrons. The van der Waals surface area contributed by atoms with Crippen LogP contribution in [0.2, 0.25) is 0 Å². The minimum atomic E-state index is 0.0250. The Morgan fingerprint density at radius 1 is 1.26 bits per heavy atom.